The summed E-state index contributed by atoms with van der Waals surface area (Å²) in [6.07, 6.45) is 5.97. The summed E-state index contributed by atoms with van der Waals surface area (Å²) >= 11 is 0. The number of amides is 1. The Morgan fingerprint density at radius 2 is 1.79 bits per heavy atom. The average molecular weight is 388 g/mol. The topological polar surface area (TPSA) is 38.3 Å². The standard InChI is InChI=1S/C26H29NO2/c1-19(29-25-17-7-13-22-10-3-5-16-24(22)25)26(28)27-18-8-14-21-12-6-11-20-9-2-4-15-23(20)21/h2,4,6-7,9,11-13,15,17,19H,3,5,8,10,14,16,18H2,1H3,(H,27,28)/t19-/m1/s1. The van der Waals surface area contributed by atoms with Gasteiger partial charge in [0.15, 0.2) is 6.10 Å². The van der Waals surface area contributed by atoms with Crippen molar-refractivity contribution in [1.29, 1.82) is 0 Å². The van der Waals surface area contributed by atoms with Crippen LogP contribution in [-0.2, 0) is 24.1 Å². The van der Waals surface area contributed by atoms with Crippen molar-refractivity contribution < 1.29 is 9.53 Å². The van der Waals surface area contributed by atoms with Crippen molar-refractivity contribution in [2.75, 3.05) is 6.54 Å². The molecule has 1 N–H and O–H groups in total. The van der Waals surface area contributed by atoms with E-state index in [0.29, 0.717) is 6.54 Å². The average Bonchev–Trinajstić information content (AvgIpc) is 2.77. The van der Waals surface area contributed by atoms with Crippen LogP contribution in [0.4, 0.5) is 0 Å². The molecule has 1 aliphatic carbocycles. The Kier molecular flexibility index (Phi) is 6.14. The summed E-state index contributed by atoms with van der Waals surface area (Å²) in [7, 11) is 0. The van der Waals surface area contributed by atoms with Gasteiger partial charge in [0.25, 0.3) is 5.91 Å². The molecule has 1 amide bonds. The lowest BCUT2D eigenvalue weighted by Crippen LogP contribution is -2.37. The first-order valence-corrected chi connectivity index (χ1v) is 10.7. The normalized spacial score (nSPS) is 14.2. The second-order valence-electron chi connectivity index (χ2n) is 7.89. The van der Waals surface area contributed by atoms with Crippen LogP contribution in [0.25, 0.3) is 10.8 Å². The summed E-state index contributed by atoms with van der Waals surface area (Å²) in [6.45, 7) is 2.49. The molecule has 0 spiro atoms. The summed E-state index contributed by atoms with van der Waals surface area (Å²) in [5, 5.41) is 5.60. The molecule has 3 aromatic rings. The van der Waals surface area contributed by atoms with Crippen molar-refractivity contribution in [3.8, 4) is 5.75 Å². The van der Waals surface area contributed by atoms with Crippen LogP contribution in [0.2, 0.25) is 0 Å². The van der Waals surface area contributed by atoms with E-state index in [1.165, 1.54) is 40.3 Å². The van der Waals surface area contributed by atoms with Gasteiger partial charge in [0.2, 0.25) is 0 Å². The Morgan fingerprint density at radius 1 is 1.00 bits per heavy atom. The summed E-state index contributed by atoms with van der Waals surface area (Å²) in [6, 6.07) is 21.1. The first-order valence-electron chi connectivity index (χ1n) is 10.7. The van der Waals surface area contributed by atoms with Crippen molar-refractivity contribution in [2.24, 2.45) is 0 Å². The third-order valence-corrected chi connectivity index (χ3v) is 5.83. The van der Waals surface area contributed by atoms with Crippen LogP contribution in [0.1, 0.15) is 42.9 Å². The van der Waals surface area contributed by atoms with E-state index in [1.807, 2.05) is 19.1 Å². The smallest absolute Gasteiger partial charge is 0.260 e. The third-order valence-electron chi connectivity index (χ3n) is 5.83. The van der Waals surface area contributed by atoms with Gasteiger partial charge in [-0.2, -0.15) is 0 Å². The van der Waals surface area contributed by atoms with Crippen molar-refractivity contribution in [1.82, 2.24) is 5.32 Å². The number of carbonyl (C=O) groups is 1. The molecule has 3 nitrogen and oxygen atoms in total. The molecule has 0 bridgehead atoms. The Balaban J connectivity index is 1.29. The first kappa shape index (κ1) is 19.5. The minimum atomic E-state index is -0.485. The van der Waals surface area contributed by atoms with Gasteiger partial charge in [-0.25, -0.2) is 0 Å². The van der Waals surface area contributed by atoms with Crippen LogP contribution < -0.4 is 10.1 Å². The minimum absolute atomic E-state index is 0.0451. The summed E-state index contributed by atoms with van der Waals surface area (Å²) in [4.78, 5) is 12.5. The fraction of sp³-hybridized carbons (Fsp3) is 0.346. The van der Waals surface area contributed by atoms with Crippen molar-refractivity contribution in [2.45, 2.75) is 51.6 Å². The second kappa shape index (κ2) is 9.13. The van der Waals surface area contributed by atoms with Crippen molar-refractivity contribution >= 4 is 16.7 Å². The van der Waals surface area contributed by atoms with Crippen LogP contribution in [0, 0.1) is 0 Å². The molecule has 150 valence electrons. The number of hydrogen-bond donors (Lipinski definition) is 1. The highest BCUT2D eigenvalue weighted by Crippen LogP contribution is 2.30. The van der Waals surface area contributed by atoms with E-state index in [9.17, 15) is 4.79 Å². The number of hydrogen-bond acceptors (Lipinski definition) is 2. The highest BCUT2D eigenvalue weighted by atomic mass is 16.5. The zero-order valence-electron chi connectivity index (χ0n) is 17.1. The van der Waals surface area contributed by atoms with Gasteiger partial charge in [0.1, 0.15) is 5.75 Å². The van der Waals surface area contributed by atoms with Crippen LogP contribution >= 0.6 is 0 Å². The van der Waals surface area contributed by atoms with Crippen molar-refractivity contribution in [3.05, 3.63) is 77.4 Å². The van der Waals surface area contributed by atoms with Gasteiger partial charge in [-0.3, -0.25) is 4.79 Å². The molecule has 0 unspecified atom stereocenters. The predicted octanol–water partition coefficient (Wildman–Crippen LogP) is 5.23. The zero-order chi connectivity index (χ0) is 20.1. The van der Waals surface area contributed by atoms with E-state index in [4.69, 9.17) is 4.74 Å². The Hall–Kier alpha value is -2.81. The zero-order valence-corrected chi connectivity index (χ0v) is 17.1. The highest BCUT2D eigenvalue weighted by molar-refractivity contribution is 5.85. The SMILES string of the molecule is C[C@@H](Oc1cccc2c1CCCC2)C(=O)NCCCc1cccc2ccccc12. The molecular formula is C26H29NO2. The molecule has 0 saturated carbocycles. The monoisotopic (exact) mass is 387 g/mol. The maximum absolute atomic E-state index is 12.5. The lowest BCUT2D eigenvalue weighted by molar-refractivity contribution is -0.127. The van der Waals surface area contributed by atoms with Crippen LogP contribution in [0.3, 0.4) is 0 Å². The Morgan fingerprint density at radius 3 is 2.72 bits per heavy atom. The highest BCUT2D eigenvalue weighted by Gasteiger charge is 2.19. The lowest BCUT2D eigenvalue weighted by atomic mass is 9.91. The maximum Gasteiger partial charge on any atom is 0.260 e. The van der Waals surface area contributed by atoms with Crippen LogP contribution in [0.15, 0.2) is 60.7 Å². The molecule has 0 aliphatic heterocycles. The molecule has 1 aliphatic rings. The lowest BCUT2D eigenvalue weighted by Gasteiger charge is -2.22. The van der Waals surface area contributed by atoms with Gasteiger partial charge in [0, 0.05) is 6.54 Å². The molecule has 1 atom stereocenters. The number of nitrogens with one attached hydrogen (secondary N) is 1. The number of carbonyl (C=O) groups excluding carboxylic acids is 1. The van der Waals surface area contributed by atoms with Crippen LogP contribution in [-0.4, -0.2) is 18.6 Å². The molecule has 0 heterocycles. The molecule has 0 fully saturated rings. The second-order valence-corrected chi connectivity index (χ2v) is 7.89. The van der Waals surface area contributed by atoms with Gasteiger partial charge >= 0.3 is 0 Å². The number of aryl methyl sites for hydroxylation is 2. The molecule has 3 heteroatoms. The summed E-state index contributed by atoms with van der Waals surface area (Å²) in [5.41, 5.74) is 3.99. The van der Waals surface area contributed by atoms with E-state index in [2.05, 4.69) is 53.8 Å². The summed E-state index contributed by atoms with van der Waals surface area (Å²) < 4.78 is 6.04. The molecule has 3 aromatic carbocycles. The predicted molar refractivity (Wildman–Crippen MR) is 118 cm³/mol. The third kappa shape index (κ3) is 4.61. The van der Waals surface area contributed by atoms with E-state index in [1.54, 1.807) is 0 Å². The Bertz CT molecular complexity index is 990. The van der Waals surface area contributed by atoms with E-state index in [-0.39, 0.29) is 5.91 Å². The molecule has 0 aromatic heterocycles. The minimum Gasteiger partial charge on any atom is -0.481 e. The van der Waals surface area contributed by atoms with E-state index in [0.717, 1.165) is 31.4 Å². The number of rotatable bonds is 7. The number of benzene rings is 3. The maximum atomic E-state index is 12.5. The number of fused-ring (bicyclic) bond motifs is 2. The molecule has 29 heavy (non-hydrogen) atoms. The van der Waals surface area contributed by atoms with E-state index >= 15 is 0 Å². The summed E-state index contributed by atoms with van der Waals surface area (Å²) in [5.74, 6) is 0.830. The first-order chi connectivity index (χ1) is 14.2. The Labute approximate surface area is 173 Å². The molecule has 0 radical (unpaired) electrons. The molecule has 4 rings (SSSR count). The van der Waals surface area contributed by atoms with Gasteiger partial charge in [-0.15, -0.1) is 0 Å². The molecular weight excluding hydrogens is 358 g/mol. The largest absolute Gasteiger partial charge is 0.481 e. The van der Waals surface area contributed by atoms with E-state index < -0.39 is 6.10 Å². The van der Waals surface area contributed by atoms with Gasteiger partial charge in [0.05, 0.1) is 0 Å². The quantitative estimate of drug-likeness (QED) is 0.564. The van der Waals surface area contributed by atoms with Crippen molar-refractivity contribution in [3.63, 3.8) is 0 Å². The van der Waals surface area contributed by atoms with Gasteiger partial charge in [-0.05, 0) is 79.0 Å². The van der Waals surface area contributed by atoms with Crippen LogP contribution in [0.5, 0.6) is 5.75 Å². The van der Waals surface area contributed by atoms with Gasteiger partial charge < -0.3 is 10.1 Å². The molecule has 0 saturated heterocycles. The van der Waals surface area contributed by atoms with Gasteiger partial charge in [-0.1, -0.05) is 54.6 Å². The fourth-order valence-corrected chi connectivity index (χ4v) is 4.25. The number of ether oxygens (including phenoxy) is 1. The fourth-order valence-electron chi connectivity index (χ4n) is 4.25.